The van der Waals surface area contributed by atoms with Crippen molar-refractivity contribution in [2.75, 3.05) is 0 Å². The van der Waals surface area contributed by atoms with E-state index in [1.807, 2.05) is 44.4 Å². The van der Waals surface area contributed by atoms with Gasteiger partial charge in [0.05, 0.1) is 23.0 Å². The summed E-state index contributed by atoms with van der Waals surface area (Å²) < 4.78 is 1.67. The van der Waals surface area contributed by atoms with E-state index < -0.39 is 5.54 Å². The van der Waals surface area contributed by atoms with Crippen LogP contribution in [0, 0.1) is 6.92 Å². The van der Waals surface area contributed by atoms with E-state index >= 15 is 0 Å². The minimum Gasteiger partial charge on any atom is -0.340 e. The van der Waals surface area contributed by atoms with Crippen LogP contribution in [0.5, 0.6) is 0 Å². The molecule has 24 heavy (non-hydrogen) atoms. The largest absolute Gasteiger partial charge is 0.340 e. The number of nitrogens with one attached hydrogen (secondary N) is 1. The van der Waals surface area contributed by atoms with Crippen molar-refractivity contribution < 1.29 is 4.79 Å². The zero-order chi connectivity index (χ0) is 17.2. The number of carbonyl (C=O) groups is 1. The minimum atomic E-state index is -0.495. The van der Waals surface area contributed by atoms with Crippen molar-refractivity contribution in [3.8, 4) is 5.82 Å². The molecule has 7 heteroatoms. The van der Waals surface area contributed by atoms with E-state index in [2.05, 4.69) is 20.4 Å². The topological polar surface area (TPSA) is 72.7 Å². The van der Waals surface area contributed by atoms with Crippen LogP contribution in [-0.4, -0.2) is 25.7 Å². The molecule has 0 aliphatic rings. The molecule has 0 saturated heterocycles. The van der Waals surface area contributed by atoms with Crippen LogP contribution in [0.3, 0.4) is 0 Å². The van der Waals surface area contributed by atoms with E-state index in [0.29, 0.717) is 11.4 Å². The van der Waals surface area contributed by atoms with E-state index in [4.69, 9.17) is 0 Å². The Hall–Kier alpha value is -2.54. The van der Waals surface area contributed by atoms with Crippen LogP contribution in [0.15, 0.2) is 42.2 Å². The van der Waals surface area contributed by atoms with Crippen LogP contribution in [0.4, 0.5) is 0 Å². The number of hydrogen-bond acceptors (Lipinski definition) is 5. The van der Waals surface area contributed by atoms with E-state index in [1.165, 1.54) is 0 Å². The van der Waals surface area contributed by atoms with Crippen LogP contribution in [-0.2, 0) is 5.54 Å². The molecule has 0 saturated carbocycles. The molecule has 0 aliphatic carbocycles. The van der Waals surface area contributed by atoms with Gasteiger partial charge in [0.2, 0.25) is 0 Å². The van der Waals surface area contributed by atoms with Crippen LogP contribution in [0.25, 0.3) is 5.82 Å². The average Bonchev–Trinajstić information content (AvgIpc) is 3.25. The Morgan fingerprint density at radius 3 is 2.79 bits per heavy atom. The predicted molar refractivity (Wildman–Crippen MR) is 93.3 cm³/mol. The van der Waals surface area contributed by atoms with Gasteiger partial charge in [-0.05, 0) is 32.4 Å². The molecule has 1 unspecified atom stereocenters. The van der Waals surface area contributed by atoms with Gasteiger partial charge < -0.3 is 5.32 Å². The third-order valence-electron chi connectivity index (χ3n) is 4.12. The molecule has 0 radical (unpaired) electrons. The number of carbonyl (C=O) groups excluding carboxylic acids is 1. The first-order chi connectivity index (χ1) is 11.5. The summed E-state index contributed by atoms with van der Waals surface area (Å²) in [5, 5.41) is 10.2. The normalized spacial score (nSPS) is 13.5. The second kappa shape index (κ2) is 6.52. The Morgan fingerprint density at radius 1 is 1.33 bits per heavy atom. The van der Waals surface area contributed by atoms with Crippen molar-refractivity contribution in [2.45, 2.75) is 32.7 Å². The van der Waals surface area contributed by atoms with Gasteiger partial charge in [-0.25, -0.2) is 14.6 Å². The molecule has 3 aromatic rings. The third-order valence-corrected chi connectivity index (χ3v) is 5.16. The lowest BCUT2D eigenvalue weighted by Crippen LogP contribution is -2.43. The Balaban J connectivity index is 1.87. The Kier molecular flexibility index (Phi) is 4.44. The summed E-state index contributed by atoms with van der Waals surface area (Å²) in [4.78, 5) is 21.4. The van der Waals surface area contributed by atoms with Gasteiger partial charge in [0.25, 0.3) is 5.91 Å². The molecule has 0 fully saturated rings. The van der Waals surface area contributed by atoms with Gasteiger partial charge in [0, 0.05) is 17.8 Å². The zero-order valence-electron chi connectivity index (χ0n) is 13.9. The summed E-state index contributed by atoms with van der Waals surface area (Å²) in [7, 11) is 0. The van der Waals surface area contributed by atoms with Crippen molar-refractivity contribution in [1.29, 1.82) is 0 Å². The van der Waals surface area contributed by atoms with Crippen LogP contribution in [0.1, 0.15) is 41.3 Å². The van der Waals surface area contributed by atoms with Crippen molar-refractivity contribution in [3.05, 3.63) is 58.4 Å². The smallest absolute Gasteiger partial charge is 0.255 e. The van der Waals surface area contributed by atoms with E-state index in [-0.39, 0.29) is 5.91 Å². The highest BCUT2D eigenvalue weighted by Gasteiger charge is 2.30. The molecular formula is C17H19N5OS. The molecule has 6 nitrogen and oxygen atoms in total. The highest BCUT2D eigenvalue weighted by atomic mass is 32.1. The Bertz CT molecular complexity index is 828. The molecule has 3 rings (SSSR count). The lowest BCUT2D eigenvalue weighted by Gasteiger charge is -2.27. The monoisotopic (exact) mass is 341 g/mol. The van der Waals surface area contributed by atoms with Crippen LogP contribution < -0.4 is 5.32 Å². The number of aromatic nitrogens is 4. The molecular weight excluding hydrogens is 322 g/mol. The summed E-state index contributed by atoms with van der Waals surface area (Å²) >= 11 is 1.54. The van der Waals surface area contributed by atoms with Crippen molar-refractivity contribution in [3.63, 3.8) is 0 Å². The first kappa shape index (κ1) is 16.3. The molecule has 1 amide bonds. The minimum absolute atomic E-state index is 0.158. The number of pyridine rings is 1. The highest BCUT2D eigenvalue weighted by molar-refractivity contribution is 7.09. The van der Waals surface area contributed by atoms with E-state index in [1.54, 1.807) is 34.6 Å². The molecule has 0 spiro atoms. The molecule has 1 atom stereocenters. The first-order valence-corrected chi connectivity index (χ1v) is 8.61. The summed E-state index contributed by atoms with van der Waals surface area (Å²) in [6, 6.07) is 5.59. The zero-order valence-corrected chi connectivity index (χ0v) is 14.7. The summed E-state index contributed by atoms with van der Waals surface area (Å²) in [6.07, 6.45) is 5.79. The molecule has 3 aromatic heterocycles. The fourth-order valence-corrected chi connectivity index (χ4v) is 3.28. The predicted octanol–water partition coefficient (Wildman–Crippen LogP) is 3.09. The number of nitrogens with zero attached hydrogens (tertiary/aromatic N) is 4. The lowest BCUT2D eigenvalue weighted by molar-refractivity contribution is 0.0901. The Morgan fingerprint density at radius 2 is 2.17 bits per heavy atom. The quantitative estimate of drug-likeness (QED) is 0.774. The van der Waals surface area contributed by atoms with Gasteiger partial charge in [-0.2, -0.15) is 5.10 Å². The summed E-state index contributed by atoms with van der Waals surface area (Å²) in [5.74, 6) is 0.529. The summed E-state index contributed by atoms with van der Waals surface area (Å²) in [5.41, 5.74) is 0.797. The fraction of sp³-hybridized carbons (Fsp3) is 0.294. The standard InChI is InChI=1S/C17H19N5OS/c1-4-17(3,16-19-9-10-24-16)21-15(23)13-11-20-22(12(13)2)14-7-5-6-8-18-14/h5-11H,4H2,1-3H3,(H,21,23). The van der Waals surface area contributed by atoms with Crippen molar-refractivity contribution in [1.82, 2.24) is 25.1 Å². The third kappa shape index (κ3) is 2.94. The second-order valence-electron chi connectivity index (χ2n) is 5.72. The molecule has 0 aromatic carbocycles. The van der Waals surface area contributed by atoms with E-state index in [0.717, 1.165) is 17.1 Å². The van der Waals surface area contributed by atoms with Crippen molar-refractivity contribution in [2.24, 2.45) is 0 Å². The van der Waals surface area contributed by atoms with Gasteiger partial charge in [-0.1, -0.05) is 13.0 Å². The number of thiazole rings is 1. The number of rotatable bonds is 5. The van der Waals surface area contributed by atoms with Crippen LogP contribution in [0.2, 0.25) is 0 Å². The lowest BCUT2D eigenvalue weighted by atomic mass is 9.99. The molecule has 124 valence electrons. The van der Waals surface area contributed by atoms with Gasteiger partial charge in [-0.15, -0.1) is 11.3 Å². The van der Waals surface area contributed by atoms with E-state index in [9.17, 15) is 4.79 Å². The molecule has 3 heterocycles. The SMILES string of the molecule is CCC(C)(NC(=O)c1cnn(-c2ccccn2)c1C)c1nccs1. The maximum atomic E-state index is 12.8. The molecule has 1 N–H and O–H groups in total. The fourth-order valence-electron chi connectivity index (χ4n) is 2.45. The van der Waals surface area contributed by atoms with Gasteiger partial charge in [-0.3, -0.25) is 4.79 Å². The second-order valence-corrected chi connectivity index (χ2v) is 6.62. The number of amides is 1. The Labute approximate surface area is 144 Å². The van der Waals surface area contributed by atoms with Crippen molar-refractivity contribution >= 4 is 17.2 Å². The maximum Gasteiger partial charge on any atom is 0.255 e. The van der Waals surface area contributed by atoms with Crippen LogP contribution >= 0.6 is 11.3 Å². The maximum absolute atomic E-state index is 12.8. The highest BCUT2D eigenvalue weighted by Crippen LogP contribution is 2.27. The van der Waals surface area contributed by atoms with Gasteiger partial charge in [0.15, 0.2) is 5.82 Å². The molecule has 0 aliphatic heterocycles. The average molecular weight is 341 g/mol. The molecule has 0 bridgehead atoms. The summed E-state index contributed by atoms with van der Waals surface area (Å²) in [6.45, 7) is 5.89. The van der Waals surface area contributed by atoms with Gasteiger partial charge in [0.1, 0.15) is 5.01 Å². The van der Waals surface area contributed by atoms with Gasteiger partial charge >= 0.3 is 0 Å². The number of hydrogen-bond donors (Lipinski definition) is 1. The first-order valence-electron chi connectivity index (χ1n) is 7.73.